The summed E-state index contributed by atoms with van der Waals surface area (Å²) in [5.41, 5.74) is 6.59. The lowest BCUT2D eigenvalue weighted by molar-refractivity contribution is -0.265. The van der Waals surface area contributed by atoms with E-state index in [1.54, 1.807) is 18.2 Å². The number of carboxylic acid groups (broad SMARTS) is 1. The Kier molecular flexibility index (Phi) is 14.4. The Morgan fingerprint density at radius 3 is 2.17 bits per heavy atom. The summed E-state index contributed by atoms with van der Waals surface area (Å²) < 4.78 is 2.32. The minimum absolute atomic E-state index is 0.236. The first kappa shape index (κ1) is 36.2. The van der Waals surface area contributed by atoms with Crippen LogP contribution in [0.4, 0.5) is 10.5 Å². The van der Waals surface area contributed by atoms with E-state index in [4.69, 9.17) is 23.2 Å². The van der Waals surface area contributed by atoms with Gasteiger partial charge in [0.05, 0.1) is 5.69 Å². The third-order valence-corrected chi connectivity index (χ3v) is 8.98. The fraction of sp³-hybridized carbons (Fsp3) is 0.432. The Morgan fingerprint density at radius 2 is 1.49 bits per heavy atom. The molecule has 1 heterocycles. The number of aryl methyl sites for hydroxylation is 3. The van der Waals surface area contributed by atoms with Crippen LogP contribution in [0.25, 0.3) is 22.2 Å². The number of anilines is 1. The normalized spacial score (nSPS) is 11.3. The SMILES string of the molecule is Cc1c(-c2ccc(O)cc2)n(CCCCCCNCCN(CCCc2ccc(N(CCCl)CCCl)cc2)C(=O)[O-])c2ccc(O)cc12. The molecular weight excluding hydrogens is 635 g/mol. The zero-order valence-corrected chi connectivity index (χ0v) is 28.8. The fourth-order valence-electron chi connectivity index (χ4n) is 6.16. The Hall–Kier alpha value is -3.59. The van der Waals surface area contributed by atoms with Gasteiger partial charge >= 0.3 is 0 Å². The molecule has 0 bridgehead atoms. The van der Waals surface area contributed by atoms with E-state index in [0.29, 0.717) is 31.4 Å². The number of carbonyl (C=O) groups is 1. The molecule has 0 saturated heterocycles. The van der Waals surface area contributed by atoms with Gasteiger partial charge in [0.15, 0.2) is 0 Å². The second-order valence-corrected chi connectivity index (χ2v) is 12.7. The maximum absolute atomic E-state index is 11.7. The van der Waals surface area contributed by atoms with Crippen molar-refractivity contribution in [1.82, 2.24) is 14.8 Å². The number of unbranched alkanes of at least 4 members (excludes halogenated alkanes) is 3. The minimum Gasteiger partial charge on any atom is -0.530 e. The predicted molar refractivity (Wildman–Crippen MR) is 192 cm³/mol. The molecule has 3 aromatic carbocycles. The highest BCUT2D eigenvalue weighted by Crippen LogP contribution is 2.36. The molecule has 0 fully saturated rings. The standard InChI is InChI=1S/C37H48Cl2N4O4/c1-28-34-27-33(45)16-17-35(34)43(36(28)30-10-14-32(44)15-11-30)23-5-3-2-4-20-40-21-26-42(37(46)47)22-6-7-29-8-12-31(13-9-29)41(24-18-38)25-19-39/h8-17,27,40,44-45H,2-7,18-26H2,1H3,(H,46,47)/p-1. The van der Waals surface area contributed by atoms with Crippen molar-refractivity contribution in [3.8, 4) is 22.8 Å². The van der Waals surface area contributed by atoms with Gasteiger partial charge in [0.2, 0.25) is 0 Å². The fourth-order valence-corrected chi connectivity index (χ4v) is 6.57. The number of alkyl halides is 2. The van der Waals surface area contributed by atoms with Crippen LogP contribution >= 0.6 is 23.2 Å². The molecule has 47 heavy (non-hydrogen) atoms. The van der Waals surface area contributed by atoms with Crippen molar-refractivity contribution in [2.45, 2.75) is 52.0 Å². The number of phenolic OH excluding ortho intramolecular Hbond substituents is 2. The van der Waals surface area contributed by atoms with Crippen LogP contribution in [-0.4, -0.2) is 76.8 Å². The Morgan fingerprint density at radius 1 is 0.809 bits per heavy atom. The van der Waals surface area contributed by atoms with Crippen LogP contribution in [0.5, 0.6) is 11.5 Å². The van der Waals surface area contributed by atoms with Crippen molar-refractivity contribution in [3.05, 3.63) is 77.9 Å². The topological polar surface area (TPSA) is 104 Å². The number of amides is 1. The van der Waals surface area contributed by atoms with Crippen molar-refractivity contribution >= 4 is 45.9 Å². The van der Waals surface area contributed by atoms with Crippen molar-refractivity contribution in [1.29, 1.82) is 0 Å². The molecule has 1 amide bonds. The van der Waals surface area contributed by atoms with E-state index in [-0.39, 0.29) is 11.5 Å². The average molecular weight is 683 g/mol. The molecule has 0 radical (unpaired) electrons. The van der Waals surface area contributed by atoms with Crippen molar-refractivity contribution in [2.75, 3.05) is 55.9 Å². The molecule has 0 unspecified atom stereocenters. The first-order chi connectivity index (χ1) is 22.8. The molecule has 4 rings (SSSR count). The van der Waals surface area contributed by atoms with Crippen LogP contribution in [0.15, 0.2) is 66.7 Å². The first-order valence-electron chi connectivity index (χ1n) is 16.6. The number of hydrogen-bond acceptors (Lipinski definition) is 6. The smallest absolute Gasteiger partial charge is 0.136 e. The number of nitrogens with zero attached hydrogens (tertiary/aromatic N) is 3. The Bertz CT molecular complexity index is 1540. The molecule has 0 atom stereocenters. The van der Waals surface area contributed by atoms with Crippen LogP contribution in [0, 0.1) is 6.92 Å². The second kappa shape index (κ2) is 18.7. The summed E-state index contributed by atoms with van der Waals surface area (Å²) in [4.78, 5) is 15.2. The Labute approximate surface area is 288 Å². The van der Waals surface area contributed by atoms with Gasteiger partial charge in [-0.2, -0.15) is 0 Å². The largest absolute Gasteiger partial charge is 0.530 e. The molecule has 3 N–H and O–H groups in total. The third kappa shape index (κ3) is 10.4. The van der Waals surface area contributed by atoms with Crippen molar-refractivity contribution in [3.63, 3.8) is 0 Å². The van der Waals surface area contributed by atoms with Gasteiger partial charge < -0.3 is 39.8 Å². The lowest BCUT2D eigenvalue weighted by atomic mass is 10.1. The van der Waals surface area contributed by atoms with Gasteiger partial charge in [-0.25, -0.2) is 0 Å². The van der Waals surface area contributed by atoms with E-state index < -0.39 is 6.09 Å². The van der Waals surface area contributed by atoms with Gasteiger partial charge in [0, 0.05) is 67.6 Å². The average Bonchev–Trinajstić information content (AvgIpc) is 3.33. The summed E-state index contributed by atoms with van der Waals surface area (Å²) in [6.07, 6.45) is 4.55. The molecule has 0 aliphatic rings. The molecule has 0 saturated carbocycles. The zero-order valence-electron chi connectivity index (χ0n) is 27.3. The van der Waals surface area contributed by atoms with E-state index in [1.807, 2.05) is 24.3 Å². The van der Waals surface area contributed by atoms with Gasteiger partial charge in [-0.15, -0.1) is 23.2 Å². The number of carbonyl (C=O) groups excluding carboxylic acids is 1. The van der Waals surface area contributed by atoms with Gasteiger partial charge in [-0.3, -0.25) is 0 Å². The molecule has 0 aliphatic carbocycles. The van der Waals surface area contributed by atoms with Crippen molar-refractivity contribution < 1.29 is 20.1 Å². The number of aromatic hydroxyl groups is 2. The highest BCUT2D eigenvalue weighted by atomic mass is 35.5. The van der Waals surface area contributed by atoms with E-state index >= 15 is 0 Å². The summed E-state index contributed by atoms with van der Waals surface area (Å²) in [6.45, 7) is 6.69. The van der Waals surface area contributed by atoms with Gasteiger partial charge in [0.1, 0.15) is 17.6 Å². The zero-order chi connectivity index (χ0) is 33.6. The second-order valence-electron chi connectivity index (χ2n) is 11.9. The van der Waals surface area contributed by atoms with Gasteiger partial charge in [-0.1, -0.05) is 25.0 Å². The number of nitrogens with one attached hydrogen (secondary N) is 1. The molecule has 0 spiro atoms. The van der Waals surface area contributed by atoms with E-state index in [2.05, 4.69) is 46.0 Å². The van der Waals surface area contributed by atoms with Crippen LogP contribution in [0.2, 0.25) is 0 Å². The van der Waals surface area contributed by atoms with E-state index in [9.17, 15) is 20.1 Å². The predicted octanol–water partition coefficient (Wildman–Crippen LogP) is 6.74. The van der Waals surface area contributed by atoms with Gasteiger partial charge in [-0.05, 0) is 110 Å². The number of fused-ring (bicyclic) bond motifs is 1. The number of rotatable bonds is 20. The summed E-state index contributed by atoms with van der Waals surface area (Å²) in [5, 5.41) is 36.0. The minimum atomic E-state index is -1.13. The summed E-state index contributed by atoms with van der Waals surface area (Å²) in [6, 6.07) is 21.1. The number of aromatic nitrogens is 1. The highest BCUT2D eigenvalue weighted by molar-refractivity contribution is 6.18. The third-order valence-electron chi connectivity index (χ3n) is 8.65. The lowest BCUT2D eigenvalue weighted by Crippen LogP contribution is -2.45. The van der Waals surface area contributed by atoms with E-state index in [0.717, 1.165) is 104 Å². The highest BCUT2D eigenvalue weighted by Gasteiger charge is 2.16. The molecule has 4 aromatic rings. The van der Waals surface area contributed by atoms with E-state index in [1.165, 1.54) is 4.90 Å². The number of halogens is 2. The molecule has 10 heteroatoms. The monoisotopic (exact) mass is 681 g/mol. The quantitative estimate of drug-likeness (QED) is 0.0705. The number of benzene rings is 3. The summed E-state index contributed by atoms with van der Waals surface area (Å²) >= 11 is 11.8. The van der Waals surface area contributed by atoms with Crippen LogP contribution in [0.1, 0.15) is 43.2 Å². The number of phenols is 2. The molecular formula is C37H47Cl2N4O4-. The maximum Gasteiger partial charge on any atom is 0.136 e. The van der Waals surface area contributed by atoms with Gasteiger partial charge in [0.25, 0.3) is 0 Å². The summed E-state index contributed by atoms with van der Waals surface area (Å²) in [7, 11) is 0. The van der Waals surface area contributed by atoms with Crippen molar-refractivity contribution in [2.24, 2.45) is 0 Å². The molecule has 254 valence electrons. The maximum atomic E-state index is 11.7. The summed E-state index contributed by atoms with van der Waals surface area (Å²) in [5.74, 6) is 1.56. The van der Waals surface area contributed by atoms with Crippen LogP contribution < -0.4 is 15.3 Å². The molecule has 0 aliphatic heterocycles. The molecule has 8 nitrogen and oxygen atoms in total. The van der Waals surface area contributed by atoms with Crippen LogP contribution in [-0.2, 0) is 13.0 Å². The van der Waals surface area contributed by atoms with Crippen LogP contribution in [0.3, 0.4) is 0 Å². The lowest BCUT2D eigenvalue weighted by Gasteiger charge is -2.25. The first-order valence-corrected chi connectivity index (χ1v) is 17.6. The number of hydrogen-bond donors (Lipinski definition) is 3. The Balaban J connectivity index is 1.15. The molecule has 1 aromatic heterocycles.